The molecule has 1 heterocycles. The van der Waals surface area contributed by atoms with Gasteiger partial charge in [-0.3, -0.25) is 0 Å². The Bertz CT molecular complexity index is 399. The summed E-state index contributed by atoms with van der Waals surface area (Å²) >= 11 is 5.56. The molecule has 0 saturated heterocycles. The van der Waals surface area contributed by atoms with E-state index in [1.165, 1.54) is 0 Å². The molecule has 0 spiro atoms. The molecule has 3 nitrogen and oxygen atoms in total. The Morgan fingerprint density at radius 3 is 2.68 bits per heavy atom. The molecule has 1 aromatic heterocycles. The highest BCUT2D eigenvalue weighted by Crippen LogP contribution is 2.31. The molecule has 0 aliphatic carbocycles. The lowest BCUT2D eigenvalue weighted by Gasteiger charge is -2.10. The second kappa shape index (κ2) is 7.55. The van der Waals surface area contributed by atoms with Crippen LogP contribution in [0.25, 0.3) is 0 Å². The van der Waals surface area contributed by atoms with Crippen LogP contribution < -0.4 is 5.32 Å². The predicted molar refractivity (Wildman–Crippen MR) is 68.5 cm³/mol. The Kier molecular flexibility index (Phi) is 6.37. The summed E-state index contributed by atoms with van der Waals surface area (Å²) in [5, 5.41) is 2.62. The number of hydrogen-bond acceptors (Lipinski definition) is 3. The molecule has 0 bridgehead atoms. The highest BCUT2D eigenvalue weighted by Gasteiger charge is 2.31. The number of nitrogens with one attached hydrogen (secondary N) is 1. The maximum atomic E-state index is 12.5. The van der Waals surface area contributed by atoms with Crippen LogP contribution in [0.1, 0.15) is 25.3 Å². The molecule has 0 amide bonds. The molecule has 0 atom stereocenters. The van der Waals surface area contributed by atoms with Crippen molar-refractivity contribution in [2.75, 3.05) is 25.1 Å². The minimum atomic E-state index is -4.42. The van der Waals surface area contributed by atoms with Crippen molar-refractivity contribution in [3.63, 3.8) is 0 Å². The molecule has 0 fully saturated rings. The van der Waals surface area contributed by atoms with Gasteiger partial charge in [-0.05, 0) is 25.0 Å². The quantitative estimate of drug-likeness (QED) is 0.610. The van der Waals surface area contributed by atoms with E-state index in [0.29, 0.717) is 26.2 Å². The highest BCUT2D eigenvalue weighted by atomic mass is 35.5. The largest absolute Gasteiger partial charge is 0.416 e. The van der Waals surface area contributed by atoms with E-state index >= 15 is 0 Å². The van der Waals surface area contributed by atoms with Gasteiger partial charge in [-0.15, -0.1) is 0 Å². The van der Waals surface area contributed by atoms with E-state index in [1.807, 2.05) is 6.92 Å². The van der Waals surface area contributed by atoms with Crippen molar-refractivity contribution in [3.8, 4) is 0 Å². The third kappa shape index (κ3) is 6.11. The Labute approximate surface area is 115 Å². The summed E-state index contributed by atoms with van der Waals surface area (Å²) in [4.78, 5) is 3.79. The Hall–Kier alpha value is -1.01. The average Bonchev–Trinajstić information content (AvgIpc) is 2.32. The van der Waals surface area contributed by atoms with Crippen molar-refractivity contribution in [1.29, 1.82) is 0 Å². The molecule has 0 aliphatic rings. The zero-order chi connectivity index (χ0) is 14.3. The lowest BCUT2D eigenvalue weighted by Crippen LogP contribution is -2.10. The van der Waals surface area contributed by atoms with Gasteiger partial charge in [-0.2, -0.15) is 13.2 Å². The first kappa shape index (κ1) is 16.0. The summed E-state index contributed by atoms with van der Waals surface area (Å²) in [6, 6.07) is 1.75. The molecule has 19 heavy (non-hydrogen) atoms. The molecule has 0 saturated carbocycles. The van der Waals surface area contributed by atoms with Crippen LogP contribution in [0.2, 0.25) is 5.15 Å². The summed E-state index contributed by atoms with van der Waals surface area (Å²) in [6.45, 7) is 3.74. The zero-order valence-corrected chi connectivity index (χ0v) is 11.3. The van der Waals surface area contributed by atoms with Gasteiger partial charge < -0.3 is 10.1 Å². The number of pyridine rings is 1. The number of halogens is 4. The number of rotatable bonds is 7. The first-order valence-corrected chi connectivity index (χ1v) is 6.37. The van der Waals surface area contributed by atoms with Gasteiger partial charge in [0, 0.05) is 19.8 Å². The van der Waals surface area contributed by atoms with Gasteiger partial charge in [-0.1, -0.05) is 18.5 Å². The minimum absolute atomic E-state index is 0.121. The number of anilines is 1. The fourth-order valence-electron chi connectivity index (χ4n) is 1.39. The normalized spacial score (nSPS) is 11.6. The van der Waals surface area contributed by atoms with Crippen LogP contribution in [-0.2, 0) is 10.9 Å². The van der Waals surface area contributed by atoms with Crippen LogP contribution in [0.15, 0.2) is 12.1 Å². The molecule has 0 radical (unpaired) electrons. The van der Waals surface area contributed by atoms with Gasteiger partial charge in [0.1, 0.15) is 11.0 Å². The molecule has 0 aliphatic heterocycles. The topological polar surface area (TPSA) is 34.1 Å². The van der Waals surface area contributed by atoms with Crippen LogP contribution in [0.3, 0.4) is 0 Å². The van der Waals surface area contributed by atoms with Crippen LogP contribution in [-0.4, -0.2) is 24.7 Å². The number of nitrogens with zero attached hydrogens (tertiary/aromatic N) is 1. The van der Waals surface area contributed by atoms with Gasteiger partial charge in [0.05, 0.1) is 5.56 Å². The molecule has 7 heteroatoms. The average molecular weight is 297 g/mol. The van der Waals surface area contributed by atoms with E-state index in [-0.39, 0.29) is 11.0 Å². The second-order valence-corrected chi connectivity index (χ2v) is 4.34. The smallest absolute Gasteiger partial charge is 0.381 e. The van der Waals surface area contributed by atoms with Crippen molar-refractivity contribution in [2.45, 2.75) is 25.9 Å². The van der Waals surface area contributed by atoms with Crippen molar-refractivity contribution in [2.24, 2.45) is 0 Å². The standard InChI is InChI=1S/C12H16ClF3N2O/c1-2-5-19-6-3-4-17-11-8-9(12(14,15)16)7-10(13)18-11/h7-8H,2-6H2,1H3,(H,17,18). The predicted octanol–water partition coefficient (Wildman–Crippen LogP) is 3.98. The van der Waals surface area contributed by atoms with Gasteiger partial charge >= 0.3 is 6.18 Å². The lowest BCUT2D eigenvalue weighted by atomic mass is 10.2. The molecule has 0 unspecified atom stereocenters. The van der Waals surface area contributed by atoms with E-state index in [1.54, 1.807) is 0 Å². The van der Waals surface area contributed by atoms with Crippen LogP contribution in [0.5, 0.6) is 0 Å². The maximum absolute atomic E-state index is 12.5. The third-order valence-electron chi connectivity index (χ3n) is 2.24. The summed E-state index contributed by atoms with van der Waals surface area (Å²) in [5.41, 5.74) is -0.808. The summed E-state index contributed by atoms with van der Waals surface area (Å²) in [7, 11) is 0. The van der Waals surface area contributed by atoms with Gasteiger partial charge in [0.2, 0.25) is 0 Å². The van der Waals surface area contributed by atoms with Crippen LogP contribution in [0, 0.1) is 0 Å². The lowest BCUT2D eigenvalue weighted by molar-refractivity contribution is -0.137. The molecule has 1 aromatic rings. The molecule has 1 N–H and O–H groups in total. The highest BCUT2D eigenvalue weighted by molar-refractivity contribution is 6.29. The summed E-state index contributed by atoms with van der Waals surface area (Å²) < 4.78 is 42.9. The fraction of sp³-hybridized carbons (Fsp3) is 0.583. The number of alkyl halides is 3. The van der Waals surface area contributed by atoms with Crippen molar-refractivity contribution in [3.05, 3.63) is 22.8 Å². The van der Waals surface area contributed by atoms with Crippen molar-refractivity contribution in [1.82, 2.24) is 4.98 Å². The van der Waals surface area contributed by atoms with Crippen molar-refractivity contribution >= 4 is 17.4 Å². The number of aromatic nitrogens is 1. The first-order valence-electron chi connectivity index (χ1n) is 6.00. The van der Waals surface area contributed by atoms with E-state index in [9.17, 15) is 13.2 Å². The van der Waals surface area contributed by atoms with Gasteiger partial charge in [0.15, 0.2) is 0 Å². The van der Waals surface area contributed by atoms with E-state index in [4.69, 9.17) is 16.3 Å². The maximum Gasteiger partial charge on any atom is 0.416 e. The van der Waals surface area contributed by atoms with E-state index < -0.39 is 11.7 Å². The van der Waals surface area contributed by atoms with Gasteiger partial charge in [-0.25, -0.2) is 4.98 Å². The molecular formula is C12H16ClF3N2O. The summed E-state index contributed by atoms with van der Waals surface area (Å²) in [5.74, 6) is 0.121. The number of ether oxygens (including phenoxy) is 1. The molecular weight excluding hydrogens is 281 g/mol. The SMILES string of the molecule is CCCOCCCNc1cc(C(F)(F)F)cc(Cl)n1. The van der Waals surface area contributed by atoms with E-state index in [0.717, 1.165) is 18.6 Å². The van der Waals surface area contributed by atoms with Gasteiger partial charge in [0.25, 0.3) is 0 Å². The molecule has 0 aromatic carbocycles. The monoisotopic (exact) mass is 296 g/mol. The van der Waals surface area contributed by atoms with Crippen molar-refractivity contribution < 1.29 is 17.9 Å². The Morgan fingerprint density at radius 2 is 2.05 bits per heavy atom. The van der Waals surface area contributed by atoms with Crippen LogP contribution in [0.4, 0.5) is 19.0 Å². The zero-order valence-electron chi connectivity index (χ0n) is 10.6. The van der Waals surface area contributed by atoms with Crippen LogP contribution >= 0.6 is 11.6 Å². The Balaban J connectivity index is 2.48. The third-order valence-corrected chi connectivity index (χ3v) is 2.44. The molecule has 108 valence electrons. The summed E-state index contributed by atoms with van der Waals surface area (Å²) in [6.07, 6.45) is -2.79. The first-order chi connectivity index (χ1) is 8.93. The molecule has 1 rings (SSSR count). The Morgan fingerprint density at radius 1 is 1.32 bits per heavy atom. The minimum Gasteiger partial charge on any atom is -0.381 e. The fourth-order valence-corrected chi connectivity index (χ4v) is 1.60. The second-order valence-electron chi connectivity index (χ2n) is 3.95. The van der Waals surface area contributed by atoms with E-state index in [2.05, 4.69) is 10.3 Å². The number of hydrogen-bond donors (Lipinski definition) is 1.